The number of rotatable bonds is 6. The minimum absolute atomic E-state index is 0.282. The zero-order valence-electron chi connectivity index (χ0n) is 14.5. The van der Waals surface area contributed by atoms with Crippen LogP contribution in [0.5, 0.6) is 0 Å². The molecule has 0 fully saturated rings. The quantitative estimate of drug-likeness (QED) is 0.565. The standard InChI is InChI=1S/C18H20BrN5O2/c1-18(2,25)10-21-8-11-3-5-12(6-4-11)13-7-14(26-24-13)16-17(20)22-9-15(19)23-16/h3-7,9,21,25H,8,10H2,1-2H3,(H2,20,22). The van der Waals surface area contributed by atoms with E-state index >= 15 is 0 Å². The van der Waals surface area contributed by atoms with Gasteiger partial charge in [-0.05, 0) is 35.3 Å². The van der Waals surface area contributed by atoms with E-state index in [1.807, 2.05) is 24.3 Å². The van der Waals surface area contributed by atoms with Gasteiger partial charge < -0.3 is 20.7 Å². The van der Waals surface area contributed by atoms with Gasteiger partial charge >= 0.3 is 0 Å². The minimum atomic E-state index is -0.728. The first-order valence-electron chi connectivity index (χ1n) is 8.09. The number of nitrogen functional groups attached to an aromatic ring is 1. The van der Waals surface area contributed by atoms with Crippen LogP contribution in [0.15, 0.2) is 45.7 Å². The first kappa shape index (κ1) is 18.5. The van der Waals surface area contributed by atoms with Crippen molar-refractivity contribution < 1.29 is 9.63 Å². The molecule has 0 radical (unpaired) electrons. The molecule has 7 nitrogen and oxygen atoms in total. The van der Waals surface area contributed by atoms with Crippen molar-refractivity contribution in [2.75, 3.05) is 12.3 Å². The number of aliphatic hydroxyl groups is 1. The summed E-state index contributed by atoms with van der Waals surface area (Å²) < 4.78 is 5.95. The Morgan fingerprint density at radius 1 is 1.27 bits per heavy atom. The number of benzene rings is 1. The van der Waals surface area contributed by atoms with Gasteiger partial charge in [-0.25, -0.2) is 9.97 Å². The molecule has 0 aliphatic rings. The zero-order valence-corrected chi connectivity index (χ0v) is 16.1. The van der Waals surface area contributed by atoms with Crippen LogP contribution >= 0.6 is 15.9 Å². The molecule has 2 aromatic heterocycles. The lowest BCUT2D eigenvalue weighted by molar-refractivity contribution is 0.0795. The van der Waals surface area contributed by atoms with Crippen LogP contribution in [0, 0.1) is 0 Å². The topological polar surface area (TPSA) is 110 Å². The third kappa shape index (κ3) is 4.66. The monoisotopic (exact) mass is 417 g/mol. The van der Waals surface area contributed by atoms with Gasteiger partial charge in [-0.1, -0.05) is 29.4 Å². The van der Waals surface area contributed by atoms with Gasteiger partial charge in [0, 0.05) is 24.7 Å². The molecular formula is C18H20BrN5O2. The summed E-state index contributed by atoms with van der Waals surface area (Å²) in [4.78, 5) is 8.33. The van der Waals surface area contributed by atoms with Gasteiger partial charge in [-0.15, -0.1) is 0 Å². The molecule has 0 saturated heterocycles. The smallest absolute Gasteiger partial charge is 0.189 e. The van der Waals surface area contributed by atoms with Gasteiger partial charge in [0.05, 0.1) is 11.8 Å². The number of hydrogen-bond acceptors (Lipinski definition) is 7. The molecule has 8 heteroatoms. The van der Waals surface area contributed by atoms with Crippen LogP contribution in [-0.4, -0.2) is 32.4 Å². The van der Waals surface area contributed by atoms with E-state index in [9.17, 15) is 5.11 Å². The van der Waals surface area contributed by atoms with Crippen LogP contribution in [0.25, 0.3) is 22.7 Å². The number of anilines is 1. The van der Waals surface area contributed by atoms with Crippen molar-refractivity contribution in [3.8, 4) is 22.7 Å². The van der Waals surface area contributed by atoms with Gasteiger partial charge in [-0.3, -0.25) is 0 Å². The Morgan fingerprint density at radius 2 is 2.00 bits per heavy atom. The molecular weight excluding hydrogens is 398 g/mol. The lowest BCUT2D eigenvalue weighted by Gasteiger charge is -2.17. The SMILES string of the molecule is CC(C)(O)CNCc1ccc(-c2cc(-c3nc(Br)cnc3N)on2)cc1. The molecule has 0 aliphatic carbocycles. The highest BCUT2D eigenvalue weighted by molar-refractivity contribution is 9.10. The van der Waals surface area contributed by atoms with Crippen LogP contribution in [0.1, 0.15) is 19.4 Å². The molecule has 0 saturated carbocycles. The number of hydrogen-bond donors (Lipinski definition) is 3. The Hall–Kier alpha value is -2.29. The highest BCUT2D eigenvalue weighted by Crippen LogP contribution is 2.28. The lowest BCUT2D eigenvalue weighted by Crippen LogP contribution is -2.34. The third-order valence-corrected chi connectivity index (χ3v) is 4.03. The van der Waals surface area contributed by atoms with Crippen LogP contribution in [0.2, 0.25) is 0 Å². The fourth-order valence-corrected chi connectivity index (χ4v) is 2.67. The van der Waals surface area contributed by atoms with E-state index in [4.69, 9.17) is 10.3 Å². The van der Waals surface area contributed by atoms with Crippen LogP contribution in [0.4, 0.5) is 5.82 Å². The molecule has 3 aromatic rings. The van der Waals surface area contributed by atoms with E-state index < -0.39 is 5.60 Å². The molecule has 3 rings (SSSR count). The van der Waals surface area contributed by atoms with Crippen molar-refractivity contribution in [1.29, 1.82) is 0 Å². The van der Waals surface area contributed by atoms with Crippen LogP contribution in [-0.2, 0) is 6.54 Å². The largest absolute Gasteiger partial charge is 0.389 e. The van der Waals surface area contributed by atoms with Gasteiger partial charge in [-0.2, -0.15) is 0 Å². The summed E-state index contributed by atoms with van der Waals surface area (Å²) in [6.45, 7) is 4.75. The number of nitrogens with zero attached hydrogens (tertiary/aromatic N) is 3. The summed E-state index contributed by atoms with van der Waals surface area (Å²) in [5.74, 6) is 0.742. The summed E-state index contributed by atoms with van der Waals surface area (Å²) >= 11 is 3.27. The van der Waals surface area contributed by atoms with Crippen molar-refractivity contribution in [2.45, 2.75) is 26.0 Å². The maximum atomic E-state index is 9.72. The summed E-state index contributed by atoms with van der Waals surface area (Å²) in [5, 5.41) is 17.0. The van der Waals surface area contributed by atoms with Crippen molar-refractivity contribution in [3.63, 3.8) is 0 Å². The predicted molar refractivity (Wildman–Crippen MR) is 103 cm³/mol. The second-order valence-electron chi connectivity index (χ2n) is 6.62. The molecule has 0 spiro atoms. The maximum Gasteiger partial charge on any atom is 0.189 e. The van der Waals surface area contributed by atoms with Gasteiger partial charge in [0.15, 0.2) is 17.3 Å². The number of nitrogens with one attached hydrogen (secondary N) is 1. The number of halogens is 1. The van der Waals surface area contributed by atoms with E-state index in [1.165, 1.54) is 6.20 Å². The molecule has 0 amide bonds. The Kier molecular flexibility index (Phi) is 5.36. The average molecular weight is 418 g/mol. The molecule has 4 N–H and O–H groups in total. The van der Waals surface area contributed by atoms with Gasteiger partial charge in [0.1, 0.15) is 10.3 Å². The summed E-state index contributed by atoms with van der Waals surface area (Å²) in [5.41, 5.74) is 8.31. The lowest BCUT2D eigenvalue weighted by atomic mass is 10.1. The van der Waals surface area contributed by atoms with Gasteiger partial charge in [0.25, 0.3) is 0 Å². The Balaban J connectivity index is 1.72. The summed E-state index contributed by atoms with van der Waals surface area (Å²) in [6, 6.07) is 9.74. The van der Waals surface area contributed by atoms with E-state index in [1.54, 1.807) is 19.9 Å². The molecule has 0 bridgehead atoms. The Labute approximate surface area is 159 Å². The first-order chi connectivity index (χ1) is 12.3. The molecule has 0 atom stereocenters. The fourth-order valence-electron chi connectivity index (χ4n) is 2.39. The second-order valence-corrected chi connectivity index (χ2v) is 7.43. The van der Waals surface area contributed by atoms with E-state index in [0.29, 0.717) is 34.8 Å². The molecule has 0 unspecified atom stereocenters. The second kappa shape index (κ2) is 7.53. The molecule has 136 valence electrons. The van der Waals surface area contributed by atoms with E-state index in [2.05, 4.69) is 36.4 Å². The first-order valence-corrected chi connectivity index (χ1v) is 8.89. The van der Waals surface area contributed by atoms with Crippen molar-refractivity contribution in [3.05, 3.63) is 46.7 Å². The Morgan fingerprint density at radius 3 is 2.69 bits per heavy atom. The molecule has 2 heterocycles. The van der Waals surface area contributed by atoms with E-state index in [0.717, 1.165) is 11.1 Å². The minimum Gasteiger partial charge on any atom is -0.389 e. The van der Waals surface area contributed by atoms with Crippen LogP contribution < -0.4 is 11.1 Å². The molecule has 0 aliphatic heterocycles. The van der Waals surface area contributed by atoms with E-state index in [-0.39, 0.29) is 5.82 Å². The average Bonchev–Trinajstić information content (AvgIpc) is 3.06. The fraction of sp³-hybridized carbons (Fsp3) is 0.278. The zero-order chi connectivity index (χ0) is 18.7. The highest BCUT2D eigenvalue weighted by atomic mass is 79.9. The van der Waals surface area contributed by atoms with Crippen LogP contribution in [0.3, 0.4) is 0 Å². The third-order valence-electron chi connectivity index (χ3n) is 3.65. The molecule has 26 heavy (non-hydrogen) atoms. The van der Waals surface area contributed by atoms with Crippen molar-refractivity contribution in [2.24, 2.45) is 0 Å². The predicted octanol–water partition coefficient (Wildman–Crippen LogP) is 3.00. The van der Waals surface area contributed by atoms with Gasteiger partial charge in [0.2, 0.25) is 0 Å². The van der Waals surface area contributed by atoms with Crippen molar-refractivity contribution in [1.82, 2.24) is 20.4 Å². The normalized spacial score (nSPS) is 11.7. The highest BCUT2D eigenvalue weighted by Gasteiger charge is 2.14. The van der Waals surface area contributed by atoms with Crippen molar-refractivity contribution >= 4 is 21.7 Å². The summed E-state index contributed by atoms with van der Waals surface area (Å²) in [7, 11) is 0. The summed E-state index contributed by atoms with van der Waals surface area (Å²) in [6.07, 6.45) is 1.53. The number of nitrogens with two attached hydrogens (primary N) is 1. The molecule has 1 aromatic carbocycles. The maximum absolute atomic E-state index is 9.72. The number of aromatic nitrogens is 3. The Bertz CT molecular complexity index is 887.